The van der Waals surface area contributed by atoms with Crippen LogP contribution in [0.1, 0.15) is 24.8 Å². The normalized spacial score (nSPS) is 17.9. The lowest BCUT2D eigenvalue weighted by molar-refractivity contribution is 0.228. The van der Waals surface area contributed by atoms with E-state index in [1.807, 2.05) is 31.2 Å². The molecule has 0 bridgehead atoms. The second-order valence-electron chi connectivity index (χ2n) is 6.40. The highest BCUT2D eigenvalue weighted by molar-refractivity contribution is 5.44. The minimum atomic E-state index is -0.411. The van der Waals surface area contributed by atoms with Gasteiger partial charge in [-0.25, -0.2) is 4.39 Å². The summed E-state index contributed by atoms with van der Waals surface area (Å²) in [5.41, 5.74) is 1.13. The van der Waals surface area contributed by atoms with Crippen LogP contribution < -0.4 is 9.47 Å². The molecular formula is C20H24FNO2. The van der Waals surface area contributed by atoms with Crippen LogP contribution in [0.3, 0.4) is 0 Å². The summed E-state index contributed by atoms with van der Waals surface area (Å²) in [4.78, 5) is 2.36. The Labute approximate surface area is 143 Å². The summed E-state index contributed by atoms with van der Waals surface area (Å²) in [5.74, 6) is 0.800. The lowest BCUT2D eigenvalue weighted by Crippen LogP contribution is -2.26. The van der Waals surface area contributed by atoms with E-state index in [2.05, 4.69) is 11.9 Å². The second-order valence-corrected chi connectivity index (χ2v) is 6.40. The van der Waals surface area contributed by atoms with E-state index in [-0.39, 0.29) is 5.75 Å². The van der Waals surface area contributed by atoms with E-state index in [9.17, 15) is 4.39 Å². The molecule has 1 fully saturated rings. The van der Waals surface area contributed by atoms with Gasteiger partial charge in [0.15, 0.2) is 11.6 Å². The SMILES string of the molecule is Cc1ccc(Oc2c(F)cccc2OCCC2CCCN2C)cc1. The number of likely N-dealkylation sites (tertiary alicyclic amines) is 1. The third-order valence-corrected chi connectivity index (χ3v) is 4.55. The van der Waals surface area contributed by atoms with Crippen molar-refractivity contribution in [3.05, 3.63) is 53.8 Å². The fourth-order valence-electron chi connectivity index (χ4n) is 3.07. The van der Waals surface area contributed by atoms with Crippen LogP contribution in [0.2, 0.25) is 0 Å². The molecule has 0 amide bonds. The molecule has 3 rings (SSSR count). The van der Waals surface area contributed by atoms with Crippen molar-refractivity contribution in [3.8, 4) is 17.2 Å². The van der Waals surface area contributed by atoms with Crippen LogP contribution in [-0.4, -0.2) is 31.1 Å². The van der Waals surface area contributed by atoms with Crippen LogP contribution in [0.25, 0.3) is 0 Å². The summed E-state index contributed by atoms with van der Waals surface area (Å²) in [5, 5.41) is 0. The zero-order chi connectivity index (χ0) is 16.9. The smallest absolute Gasteiger partial charge is 0.204 e. The maximum Gasteiger partial charge on any atom is 0.204 e. The number of hydrogen-bond donors (Lipinski definition) is 0. The van der Waals surface area contributed by atoms with E-state index in [4.69, 9.17) is 9.47 Å². The number of aryl methyl sites for hydroxylation is 1. The summed E-state index contributed by atoms with van der Waals surface area (Å²) in [7, 11) is 2.14. The molecule has 0 aliphatic carbocycles. The van der Waals surface area contributed by atoms with Crippen molar-refractivity contribution in [1.29, 1.82) is 0 Å². The van der Waals surface area contributed by atoms with E-state index in [1.54, 1.807) is 12.1 Å². The van der Waals surface area contributed by atoms with E-state index in [0.29, 0.717) is 24.1 Å². The van der Waals surface area contributed by atoms with Crippen LogP contribution in [0, 0.1) is 12.7 Å². The Morgan fingerprint density at radius 2 is 1.96 bits per heavy atom. The number of para-hydroxylation sites is 1. The van der Waals surface area contributed by atoms with Crippen molar-refractivity contribution in [2.24, 2.45) is 0 Å². The molecule has 1 unspecified atom stereocenters. The molecule has 1 saturated heterocycles. The minimum absolute atomic E-state index is 0.154. The van der Waals surface area contributed by atoms with Crippen molar-refractivity contribution in [1.82, 2.24) is 4.90 Å². The third kappa shape index (κ3) is 4.06. The highest BCUT2D eigenvalue weighted by atomic mass is 19.1. The Morgan fingerprint density at radius 1 is 1.17 bits per heavy atom. The first-order valence-electron chi connectivity index (χ1n) is 8.49. The van der Waals surface area contributed by atoms with Gasteiger partial charge in [-0.3, -0.25) is 0 Å². The molecule has 1 heterocycles. The summed E-state index contributed by atoms with van der Waals surface area (Å²) in [6.45, 7) is 3.70. The highest BCUT2D eigenvalue weighted by Gasteiger charge is 2.21. The Hall–Kier alpha value is -2.07. The second kappa shape index (κ2) is 7.67. The zero-order valence-electron chi connectivity index (χ0n) is 14.3. The largest absolute Gasteiger partial charge is 0.489 e. The van der Waals surface area contributed by atoms with Crippen LogP contribution >= 0.6 is 0 Å². The van der Waals surface area contributed by atoms with Gasteiger partial charge >= 0.3 is 0 Å². The average molecular weight is 329 g/mol. The summed E-state index contributed by atoms with van der Waals surface area (Å²) in [6.07, 6.45) is 3.38. The van der Waals surface area contributed by atoms with Gasteiger partial charge in [0.2, 0.25) is 5.75 Å². The van der Waals surface area contributed by atoms with Gasteiger partial charge in [0.1, 0.15) is 5.75 Å². The van der Waals surface area contributed by atoms with Crippen molar-refractivity contribution in [3.63, 3.8) is 0 Å². The predicted molar refractivity (Wildman–Crippen MR) is 93.4 cm³/mol. The number of hydrogen-bond acceptors (Lipinski definition) is 3. The quantitative estimate of drug-likeness (QED) is 0.760. The fraction of sp³-hybridized carbons (Fsp3) is 0.400. The van der Waals surface area contributed by atoms with Gasteiger partial charge in [0.05, 0.1) is 6.61 Å². The topological polar surface area (TPSA) is 21.7 Å². The minimum Gasteiger partial charge on any atom is -0.489 e. The Kier molecular flexibility index (Phi) is 5.36. The number of ether oxygens (including phenoxy) is 2. The van der Waals surface area contributed by atoms with Crippen LogP contribution in [0.15, 0.2) is 42.5 Å². The Balaban J connectivity index is 1.66. The average Bonchev–Trinajstić information content (AvgIpc) is 2.98. The molecule has 4 heteroatoms. The first-order valence-corrected chi connectivity index (χ1v) is 8.49. The van der Waals surface area contributed by atoms with Crippen molar-refractivity contribution < 1.29 is 13.9 Å². The summed E-state index contributed by atoms with van der Waals surface area (Å²) in [6, 6.07) is 12.9. The fourth-order valence-corrected chi connectivity index (χ4v) is 3.07. The molecule has 0 aromatic heterocycles. The molecule has 1 aliphatic rings. The van der Waals surface area contributed by atoms with Crippen LogP contribution in [0.4, 0.5) is 4.39 Å². The molecule has 0 radical (unpaired) electrons. The predicted octanol–water partition coefficient (Wildman–Crippen LogP) is 4.79. The zero-order valence-corrected chi connectivity index (χ0v) is 14.3. The van der Waals surface area contributed by atoms with E-state index in [0.717, 1.165) is 18.5 Å². The first-order chi connectivity index (χ1) is 11.6. The van der Waals surface area contributed by atoms with Gasteiger partial charge in [-0.15, -0.1) is 0 Å². The van der Waals surface area contributed by atoms with Crippen molar-refractivity contribution in [2.45, 2.75) is 32.2 Å². The number of nitrogens with zero attached hydrogens (tertiary/aromatic N) is 1. The Morgan fingerprint density at radius 3 is 2.67 bits per heavy atom. The molecule has 2 aromatic carbocycles. The lowest BCUT2D eigenvalue weighted by Gasteiger charge is -2.20. The Bertz CT molecular complexity index is 672. The van der Waals surface area contributed by atoms with E-state index >= 15 is 0 Å². The molecule has 0 spiro atoms. The molecule has 128 valence electrons. The third-order valence-electron chi connectivity index (χ3n) is 4.55. The van der Waals surface area contributed by atoms with Gasteiger partial charge in [-0.2, -0.15) is 0 Å². The summed E-state index contributed by atoms with van der Waals surface area (Å²) >= 11 is 0. The molecule has 0 saturated carbocycles. The van der Waals surface area contributed by atoms with Crippen molar-refractivity contribution in [2.75, 3.05) is 20.2 Å². The number of benzene rings is 2. The van der Waals surface area contributed by atoms with Crippen LogP contribution in [-0.2, 0) is 0 Å². The van der Waals surface area contributed by atoms with Crippen LogP contribution in [0.5, 0.6) is 17.2 Å². The molecule has 1 aliphatic heterocycles. The van der Waals surface area contributed by atoms with Gasteiger partial charge in [0, 0.05) is 6.04 Å². The maximum absolute atomic E-state index is 14.2. The summed E-state index contributed by atoms with van der Waals surface area (Å²) < 4.78 is 25.8. The molecule has 2 aromatic rings. The monoisotopic (exact) mass is 329 g/mol. The lowest BCUT2D eigenvalue weighted by atomic mass is 10.1. The van der Waals surface area contributed by atoms with Gasteiger partial charge in [0.25, 0.3) is 0 Å². The first kappa shape index (κ1) is 16.8. The van der Waals surface area contributed by atoms with Gasteiger partial charge in [-0.1, -0.05) is 23.8 Å². The highest BCUT2D eigenvalue weighted by Crippen LogP contribution is 2.34. The number of halogens is 1. The standard InChI is InChI=1S/C20H24FNO2/c1-15-8-10-17(11-9-15)24-20-18(21)6-3-7-19(20)23-14-12-16-5-4-13-22(16)2/h3,6-11,16H,4-5,12-14H2,1-2H3. The molecule has 3 nitrogen and oxygen atoms in total. The van der Waals surface area contributed by atoms with E-state index < -0.39 is 5.82 Å². The molecule has 24 heavy (non-hydrogen) atoms. The maximum atomic E-state index is 14.2. The number of rotatable bonds is 6. The molecule has 1 atom stereocenters. The van der Waals surface area contributed by atoms with E-state index in [1.165, 1.54) is 18.9 Å². The van der Waals surface area contributed by atoms with Gasteiger partial charge < -0.3 is 14.4 Å². The molecular weight excluding hydrogens is 305 g/mol. The van der Waals surface area contributed by atoms with Crippen molar-refractivity contribution >= 4 is 0 Å². The van der Waals surface area contributed by atoms with Gasteiger partial charge in [-0.05, 0) is 64.0 Å². The molecule has 0 N–H and O–H groups in total.